The molecule has 6 nitrogen and oxygen atoms in total. The summed E-state index contributed by atoms with van der Waals surface area (Å²) in [6, 6.07) is 12.8. The molecule has 0 aromatic heterocycles. The highest BCUT2D eigenvalue weighted by Crippen LogP contribution is 2.27. The highest BCUT2D eigenvalue weighted by atomic mass is 35.5. The number of nitro benzene ring substituents is 1. The molecule has 2 aromatic rings. The number of amides is 1. The summed E-state index contributed by atoms with van der Waals surface area (Å²) in [6.07, 6.45) is 0.939. The summed E-state index contributed by atoms with van der Waals surface area (Å²) in [6.45, 7) is 4.94. The lowest BCUT2D eigenvalue weighted by Crippen LogP contribution is -2.34. The van der Waals surface area contributed by atoms with Crippen LogP contribution in [0.15, 0.2) is 48.5 Å². The second-order valence-electron chi connectivity index (χ2n) is 6.39. The monoisotopic (exact) mass is 375 g/mol. The normalized spacial score (nSPS) is 12.0. The third kappa shape index (κ3) is 5.54. The number of anilines is 1. The summed E-state index contributed by atoms with van der Waals surface area (Å²) in [4.78, 5) is 23.1. The second-order valence-corrected chi connectivity index (χ2v) is 6.80. The molecule has 0 aliphatic rings. The number of nitro groups is 1. The Hall–Kier alpha value is -2.44. The number of carbonyl (C=O) groups excluding carboxylic acids is 1. The van der Waals surface area contributed by atoms with E-state index in [9.17, 15) is 14.9 Å². The standard InChI is InChI=1S/C19H22ClN3O3/c1-13(2)10-11-21-18(14-6-4-3-5-7-14)19(24)22-17-9-8-15(23(25)26)12-16(17)20/h3-9,12-13,18,21H,10-11H2,1-2H3,(H,22,24)/t18-/m0/s1. The van der Waals surface area contributed by atoms with Crippen molar-refractivity contribution in [2.75, 3.05) is 11.9 Å². The maximum Gasteiger partial charge on any atom is 0.271 e. The lowest BCUT2D eigenvalue weighted by atomic mass is 10.0. The van der Waals surface area contributed by atoms with Gasteiger partial charge in [-0.25, -0.2) is 0 Å². The molecule has 0 aliphatic heterocycles. The molecule has 2 N–H and O–H groups in total. The summed E-state index contributed by atoms with van der Waals surface area (Å²) in [5.41, 5.74) is 1.06. The minimum Gasteiger partial charge on any atom is -0.323 e. The van der Waals surface area contributed by atoms with Crippen LogP contribution >= 0.6 is 11.6 Å². The number of nitrogens with zero attached hydrogens (tertiary/aromatic N) is 1. The molecule has 0 fully saturated rings. The van der Waals surface area contributed by atoms with Gasteiger partial charge in [-0.2, -0.15) is 0 Å². The summed E-state index contributed by atoms with van der Waals surface area (Å²) < 4.78 is 0. The smallest absolute Gasteiger partial charge is 0.271 e. The number of hydrogen-bond acceptors (Lipinski definition) is 4. The van der Waals surface area contributed by atoms with Crippen molar-refractivity contribution in [3.8, 4) is 0 Å². The Labute approximate surface area is 157 Å². The Kier molecular flexibility index (Phi) is 7.12. The number of nitrogens with one attached hydrogen (secondary N) is 2. The van der Waals surface area contributed by atoms with Gasteiger partial charge in [-0.3, -0.25) is 14.9 Å². The van der Waals surface area contributed by atoms with Gasteiger partial charge < -0.3 is 10.6 Å². The number of non-ortho nitro benzene ring substituents is 1. The van der Waals surface area contributed by atoms with E-state index in [2.05, 4.69) is 24.5 Å². The van der Waals surface area contributed by atoms with E-state index in [1.807, 2.05) is 30.3 Å². The Balaban J connectivity index is 2.17. The van der Waals surface area contributed by atoms with Gasteiger partial charge in [0.05, 0.1) is 15.6 Å². The van der Waals surface area contributed by atoms with E-state index in [1.165, 1.54) is 18.2 Å². The molecule has 2 aromatic carbocycles. The Morgan fingerprint density at radius 2 is 1.88 bits per heavy atom. The Morgan fingerprint density at radius 3 is 2.46 bits per heavy atom. The molecule has 0 aliphatic carbocycles. The van der Waals surface area contributed by atoms with Crippen molar-refractivity contribution in [2.45, 2.75) is 26.3 Å². The van der Waals surface area contributed by atoms with Crippen molar-refractivity contribution < 1.29 is 9.72 Å². The van der Waals surface area contributed by atoms with Crippen molar-refractivity contribution in [3.63, 3.8) is 0 Å². The van der Waals surface area contributed by atoms with E-state index in [4.69, 9.17) is 11.6 Å². The molecular weight excluding hydrogens is 354 g/mol. The van der Waals surface area contributed by atoms with Crippen LogP contribution in [0.5, 0.6) is 0 Å². The highest BCUT2D eigenvalue weighted by Gasteiger charge is 2.21. The van der Waals surface area contributed by atoms with E-state index in [-0.39, 0.29) is 16.6 Å². The number of halogens is 1. The summed E-state index contributed by atoms with van der Waals surface area (Å²) >= 11 is 6.07. The first-order chi connectivity index (χ1) is 12.4. The number of hydrogen-bond donors (Lipinski definition) is 2. The lowest BCUT2D eigenvalue weighted by molar-refractivity contribution is -0.384. The predicted octanol–water partition coefficient (Wildman–Crippen LogP) is 4.56. The zero-order chi connectivity index (χ0) is 19.1. The molecule has 0 saturated carbocycles. The van der Waals surface area contributed by atoms with E-state index in [0.717, 1.165) is 12.0 Å². The van der Waals surface area contributed by atoms with Crippen LogP contribution in [-0.4, -0.2) is 17.4 Å². The molecule has 0 spiro atoms. The van der Waals surface area contributed by atoms with Crippen LogP contribution in [0.3, 0.4) is 0 Å². The second kappa shape index (κ2) is 9.31. The SMILES string of the molecule is CC(C)CCN[C@H](C(=O)Nc1ccc([N+](=O)[O-])cc1Cl)c1ccccc1. The molecule has 1 atom stereocenters. The van der Waals surface area contributed by atoms with Crippen LogP contribution in [-0.2, 0) is 4.79 Å². The van der Waals surface area contributed by atoms with Gasteiger partial charge in [0.2, 0.25) is 5.91 Å². The Morgan fingerprint density at radius 1 is 1.19 bits per heavy atom. The van der Waals surface area contributed by atoms with Crippen LogP contribution < -0.4 is 10.6 Å². The maximum absolute atomic E-state index is 12.8. The van der Waals surface area contributed by atoms with Gasteiger partial charge in [-0.15, -0.1) is 0 Å². The molecule has 0 saturated heterocycles. The molecule has 0 radical (unpaired) electrons. The zero-order valence-corrected chi connectivity index (χ0v) is 15.5. The van der Waals surface area contributed by atoms with Crippen LogP contribution in [0.1, 0.15) is 31.9 Å². The number of rotatable bonds is 8. The highest BCUT2D eigenvalue weighted by molar-refractivity contribution is 6.34. The first kappa shape index (κ1) is 19.9. The number of carbonyl (C=O) groups is 1. The average Bonchev–Trinajstić information content (AvgIpc) is 2.60. The van der Waals surface area contributed by atoms with Gasteiger partial charge in [0.15, 0.2) is 0 Å². The summed E-state index contributed by atoms with van der Waals surface area (Å²) in [7, 11) is 0. The fourth-order valence-corrected chi connectivity index (χ4v) is 2.67. The quantitative estimate of drug-likeness (QED) is 0.523. The molecule has 0 unspecified atom stereocenters. The molecule has 2 rings (SSSR count). The fraction of sp³-hybridized carbons (Fsp3) is 0.316. The van der Waals surface area contributed by atoms with E-state index >= 15 is 0 Å². The van der Waals surface area contributed by atoms with Crippen molar-refractivity contribution in [1.29, 1.82) is 0 Å². The topological polar surface area (TPSA) is 84.3 Å². The van der Waals surface area contributed by atoms with E-state index < -0.39 is 11.0 Å². The van der Waals surface area contributed by atoms with E-state index in [1.54, 1.807) is 0 Å². The predicted molar refractivity (Wildman–Crippen MR) is 103 cm³/mol. The van der Waals surface area contributed by atoms with Gasteiger partial charge in [-0.1, -0.05) is 55.8 Å². The van der Waals surface area contributed by atoms with Gasteiger partial charge in [-0.05, 0) is 30.5 Å². The van der Waals surface area contributed by atoms with Crippen molar-refractivity contribution in [3.05, 3.63) is 69.2 Å². The third-order valence-corrected chi connectivity index (χ3v) is 4.20. The van der Waals surface area contributed by atoms with Crippen molar-refractivity contribution in [1.82, 2.24) is 5.32 Å². The minimum atomic E-state index is -0.541. The molecule has 1 amide bonds. The number of benzene rings is 2. The molecule has 26 heavy (non-hydrogen) atoms. The van der Waals surface area contributed by atoms with Crippen LogP contribution in [0.4, 0.5) is 11.4 Å². The summed E-state index contributed by atoms with van der Waals surface area (Å²) in [5.74, 6) is 0.252. The largest absolute Gasteiger partial charge is 0.323 e. The van der Waals surface area contributed by atoms with Gasteiger partial charge in [0, 0.05) is 12.1 Å². The maximum atomic E-state index is 12.8. The minimum absolute atomic E-state index is 0.123. The van der Waals surface area contributed by atoms with Gasteiger partial charge in [0.1, 0.15) is 6.04 Å². The van der Waals surface area contributed by atoms with Crippen LogP contribution in [0, 0.1) is 16.0 Å². The van der Waals surface area contributed by atoms with Crippen LogP contribution in [0.2, 0.25) is 5.02 Å². The van der Waals surface area contributed by atoms with Gasteiger partial charge in [0.25, 0.3) is 5.69 Å². The first-order valence-electron chi connectivity index (χ1n) is 8.41. The Bertz CT molecular complexity index is 766. The van der Waals surface area contributed by atoms with Crippen LogP contribution in [0.25, 0.3) is 0 Å². The average molecular weight is 376 g/mol. The molecular formula is C19H22ClN3O3. The molecule has 138 valence electrons. The fourth-order valence-electron chi connectivity index (χ4n) is 2.45. The third-order valence-electron chi connectivity index (χ3n) is 3.89. The first-order valence-corrected chi connectivity index (χ1v) is 8.79. The van der Waals surface area contributed by atoms with Gasteiger partial charge >= 0.3 is 0 Å². The molecule has 7 heteroatoms. The van der Waals surface area contributed by atoms with Crippen molar-refractivity contribution in [2.24, 2.45) is 5.92 Å². The molecule has 0 bridgehead atoms. The molecule has 0 heterocycles. The zero-order valence-electron chi connectivity index (χ0n) is 14.7. The van der Waals surface area contributed by atoms with Crippen molar-refractivity contribution >= 4 is 28.9 Å². The lowest BCUT2D eigenvalue weighted by Gasteiger charge is -2.20. The summed E-state index contributed by atoms with van der Waals surface area (Å²) in [5, 5.41) is 17.0. The van der Waals surface area contributed by atoms with E-state index in [0.29, 0.717) is 18.2 Å².